The third-order valence-electron chi connectivity index (χ3n) is 5.31. The smallest absolute Gasteiger partial charge is 0.160 e. The van der Waals surface area contributed by atoms with Gasteiger partial charge < -0.3 is 24.4 Å². The SMILES string of the molecule is Oc1c(/C=N\NC2=CCCC(N3C=COCC3)=C(F)C=N2)ccc(N2CCOCC2)c1Cl. The van der Waals surface area contributed by atoms with Crippen LogP contribution in [0.1, 0.15) is 18.4 Å². The van der Waals surface area contributed by atoms with Crippen molar-refractivity contribution < 1.29 is 19.0 Å². The van der Waals surface area contributed by atoms with Crippen LogP contribution >= 0.6 is 11.6 Å². The van der Waals surface area contributed by atoms with Crippen LogP contribution in [0, 0.1) is 0 Å². The van der Waals surface area contributed by atoms with Crippen molar-refractivity contribution in [3.8, 4) is 5.75 Å². The number of hydrogen-bond donors (Lipinski definition) is 2. The average Bonchev–Trinajstić information content (AvgIpc) is 2.82. The van der Waals surface area contributed by atoms with Crippen molar-refractivity contribution >= 4 is 29.7 Å². The minimum Gasteiger partial charge on any atom is -0.506 e. The summed E-state index contributed by atoms with van der Waals surface area (Å²) in [4.78, 5) is 8.05. The van der Waals surface area contributed by atoms with Crippen LogP contribution in [0.25, 0.3) is 0 Å². The molecule has 0 atom stereocenters. The van der Waals surface area contributed by atoms with Gasteiger partial charge in [-0.25, -0.2) is 9.38 Å². The van der Waals surface area contributed by atoms with Gasteiger partial charge in [0.1, 0.15) is 23.2 Å². The molecule has 0 spiro atoms. The van der Waals surface area contributed by atoms with Crippen molar-refractivity contribution in [3.05, 3.63) is 58.6 Å². The molecule has 0 aliphatic carbocycles. The maximum absolute atomic E-state index is 14.6. The van der Waals surface area contributed by atoms with E-state index < -0.39 is 5.83 Å². The van der Waals surface area contributed by atoms with Gasteiger partial charge in [0.2, 0.25) is 0 Å². The van der Waals surface area contributed by atoms with Crippen LogP contribution in [-0.4, -0.2) is 61.9 Å². The zero-order chi connectivity index (χ0) is 22.3. The molecule has 0 saturated carbocycles. The van der Waals surface area contributed by atoms with E-state index >= 15 is 0 Å². The van der Waals surface area contributed by atoms with Crippen molar-refractivity contribution in [1.82, 2.24) is 10.3 Å². The molecule has 8 nitrogen and oxygen atoms in total. The van der Waals surface area contributed by atoms with E-state index in [1.807, 2.05) is 17.0 Å². The molecular weight excluding hydrogens is 437 g/mol. The fraction of sp³-hybridized carbons (Fsp3) is 0.364. The lowest BCUT2D eigenvalue weighted by Gasteiger charge is -2.29. The molecule has 3 aliphatic heterocycles. The highest BCUT2D eigenvalue weighted by molar-refractivity contribution is 6.35. The second-order valence-corrected chi connectivity index (χ2v) is 7.71. The monoisotopic (exact) mass is 461 g/mol. The zero-order valence-corrected chi connectivity index (χ0v) is 18.3. The number of nitrogens with zero attached hydrogens (tertiary/aromatic N) is 4. The highest BCUT2D eigenvalue weighted by atomic mass is 35.5. The van der Waals surface area contributed by atoms with Crippen molar-refractivity contribution in [2.45, 2.75) is 12.8 Å². The molecule has 32 heavy (non-hydrogen) atoms. The summed E-state index contributed by atoms with van der Waals surface area (Å²) in [5.74, 6) is -0.0203. The number of aromatic hydroxyl groups is 1. The predicted octanol–water partition coefficient (Wildman–Crippen LogP) is 3.50. The zero-order valence-electron chi connectivity index (χ0n) is 17.5. The maximum atomic E-state index is 14.6. The number of anilines is 1. The lowest BCUT2D eigenvalue weighted by molar-refractivity contribution is 0.122. The molecule has 3 aliphatic rings. The fourth-order valence-electron chi connectivity index (χ4n) is 3.60. The van der Waals surface area contributed by atoms with Crippen LogP contribution in [0.3, 0.4) is 0 Å². The molecule has 3 heterocycles. The van der Waals surface area contributed by atoms with Gasteiger partial charge in [0, 0.05) is 24.9 Å². The van der Waals surface area contributed by atoms with E-state index in [1.54, 1.807) is 18.5 Å². The van der Waals surface area contributed by atoms with E-state index in [1.165, 1.54) is 12.4 Å². The number of phenols is 1. The normalized spacial score (nSPS) is 19.6. The Balaban J connectivity index is 1.41. The van der Waals surface area contributed by atoms with Crippen molar-refractivity contribution in [1.29, 1.82) is 0 Å². The van der Waals surface area contributed by atoms with E-state index in [9.17, 15) is 9.50 Å². The first kappa shape index (κ1) is 22.2. The Kier molecular flexibility index (Phi) is 7.28. The minimum absolute atomic E-state index is 0.0476. The lowest BCUT2D eigenvalue weighted by Crippen LogP contribution is -2.36. The largest absolute Gasteiger partial charge is 0.506 e. The number of hydrogen-bond acceptors (Lipinski definition) is 8. The van der Waals surface area contributed by atoms with Gasteiger partial charge in [0.05, 0.1) is 49.8 Å². The van der Waals surface area contributed by atoms with Crippen LogP contribution in [0.2, 0.25) is 5.02 Å². The first-order valence-electron chi connectivity index (χ1n) is 10.4. The Morgan fingerprint density at radius 3 is 2.84 bits per heavy atom. The molecule has 0 radical (unpaired) electrons. The molecule has 1 aromatic rings. The number of nitrogens with one attached hydrogen (secondary N) is 1. The Bertz CT molecular complexity index is 986. The van der Waals surface area contributed by atoms with Gasteiger partial charge in [0.25, 0.3) is 0 Å². The third-order valence-corrected chi connectivity index (χ3v) is 5.68. The molecule has 170 valence electrons. The molecule has 0 bridgehead atoms. The molecule has 2 N–H and O–H groups in total. The summed E-state index contributed by atoms with van der Waals surface area (Å²) < 4.78 is 25.1. The molecule has 10 heteroatoms. The van der Waals surface area contributed by atoms with Crippen molar-refractivity contribution in [2.75, 3.05) is 44.4 Å². The van der Waals surface area contributed by atoms with Gasteiger partial charge in [-0.15, -0.1) is 0 Å². The molecule has 0 aromatic heterocycles. The molecule has 0 unspecified atom stereocenters. The molecular formula is C22H25ClFN5O3. The number of rotatable bonds is 5. The highest BCUT2D eigenvalue weighted by Gasteiger charge is 2.18. The summed E-state index contributed by atoms with van der Waals surface area (Å²) >= 11 is 6.38. The van der Waals surface area contributed by atoms with Crippen LogP contribution in [0.5, 0.6) is 5.75 Å². The van der Waals surface area contributed by atoms with Gasteiger partial charge in [-0.05, 0) is 31.1 Å². The van der Waals surface area contributed by atoms with Gasteiger partial charge in [-0.3, -0.25) is 5.43 Å². The standard InChI is InChI=1S/C22H25ClFN5O3/c23-21-19(29-8-12-32-13-9-29)5-4-16(22(21)30)14-26-27-20-3-1-2-18(17(24)15-25-20)28-6-10-31-11-7-28/h3-6,10,14-15,27,30H,1-2,7-9,11-13H2/b18-17?,20-3?,25-15?,26-14-. The van der Waals surface area contributed by atoms with E-state index in [4.69, 9.17) is 21.1 Å². The van der Waals surface area contributed by atoms with E-state index in [0.717, 1.165) is 18.8 Å². The Labute approximate surface area is 191 Å². The Hall–Kier alpha value is -3.04. The topological polar surface area (TPSA) is 81.9 Å². The van der Waals surface area contributed by atoms with Gasteiger partial charge in [0.15, 0.2) is 5.83 Å². The average molecular weight is 462 g/mol. The summed E-state index contributed by atoms with van der Waals surface area (Å²) in [6, 6.07) is 3.60. The number of phenolic OH excluding ortho intramolecular Hbond substituents is 1. The predicted molar refractivity (Wildman–Crippen MR) is 123 cm³/mol. The summed E-state index contributed by atoms with van der Waals surface area (Å²) in [7, 11) is 0. The molecule has 1 aromatic carbocycles. The summed E-state index contributed by atoms with van der Waals surface area (Å²) in [5, 5.41) is 14.9. The lowest BCUT2D eigenvalue weighted by atomic mass is 10.1. The van der Waals surface area contributed by atoms with Crippen LogP contribution in [0.4, 0.5) is 10.1 Å². The second kappa shape index (κ2) is 10.5. The van der Waals surface area contributed by atoms with Crippen LogP contribution in [0.15, 0.2) is 58.1 Å². The van der Waals surface area contributed by atoms with Gasteiger partial charge in [-0.2, -0.15) is 5.10 Å². The maximum Gasteiger partial charge on any atom is 0.160 e. The highest BCUT2D eigenvalue weighted by Crippen LogP contribution is 2.36. The first-order valence-corrected chi connectivity index (χ1v) is 10.8. The van der Waals surface area contributed by atoms with Gasteiger partial charge in [-0.1, -0.05) is 11.6 Å². The van der Waals surface area contributed by atoms with E-state index in [0.29, 0.717) is 56.3 Å². The number of halogens is 2. The third kappa shape index (κ3) is 5.23. The fourth-order valence-corrected chi connectivity index (χ4v) is 3.89. The number of ether oxygens (including phenoxy) is 2. The number of aliphatic imine (C=N–C) groups is 1. The quantitative estimate of drug-likeness (QED) is 0.516. The number of benzene rings is 1. The molecule has 0 amide bonds. The molecule has 1 fully saturated rings. The summed E-state index contributed by atoms with van der Waals surface area (Å²) in [6.45, 7) is 3.80. The summed E-state index contributed by atoms with van der Waals surface area (Å²) in [6.07, 6.45) is 8.88. The molecule has 1 saturated heterocycles. The Morgan fingerprint density at radius 2 is 2.06 bits per heavy atom. The Morgan fingerprint density at radius 1 is 1.22 bits per heavy atom. The minimum atomic E-state index is -0.393. The van der Waals surface area contributed by atoms with E-state index in [-0.39, 0.29) is 10.8 Å². The van der Waals surface area contributed by atoms with Gasteiger partial charge >= 0.3 is 0 Å². The number of allylic oxidation sites excluding steroid dienone is 3. The van der Waals surface area contributed by atoms with E-state index in [2.05, 4.69) is 20.4 Å². The molecule has 4 rings (SSSR count). The number of hydrazone groups is 1. The number of morpholine rings is 1. The summed E-state index contributed by atoms with van der Waals surface area (Å²) in [5.41, 5.74) is 4.59. The van der Waals surface area contributed by atoms with Crippen molar-refractivity contribution in [2.24, 2.45) is 10.1 Å². The first-order chi connectivity index (χ1) is 15.6. The van der Waals surface area contributed by atoms with Crippen LogP contribution < -0.4 is 10.3 Å². The van der Waals surface area contributed by atoms with Crippen molar-refractivity contribution in [3.63, 3.8) is 0 Å². The second-order valence-electron chi connectivity index (χ2n) is 7.34. The van der Waals surface area contributed by atoms with Crippen LogP contribution in [-0.2, 0) is 9.47 Å².